The van der Waals surface area contributed by atoms with Gasteiger partial charge in [-0.2, -0.15) is 0 Å². The Morgan fingerprint density at radius 3 is 2.44 bits per heavy atom. The van der Waals surface area contributed by atoms with Crippen molar-refractivity contribution in [3.8, 4) is 0 Å². The van der Waals surface area contributed by atoms with Gasteiger partial charge in [-0.3, -0.25) is 9.59 Å². The smallest absolute Gasteiger partial charge is 0.339 e. The number of nitrogens with one attached hydrogen (secondary N) is 1. The number of carbonyl (C=O) groups excluding carboxylic acids is 4. The summed E-state index contributed by atoms with van der Waals surface area (Å²) < 4.78 is 14.3. The van der Waals surface area contributed by atoms with E-state index in [9.17, 15) is 19.2 Å². The minimum Gasteiger partial charge on any atom is -0.465 e. The molecule has 0 radical (unpaired) electrons. The molecular weight excluding hydrogens is 354 g/mol. The Balaban J connectivity index is 2.05. The Kier molecular flexibility index (Phi) is 7.10. The van der Waals surface area contributed by atoms with Crippen molar-refractivity contribution in [1.29, 1.82) is 0 Å². The molecule has 1 atom stereocenters. The van der Waals surface area contributed by atoms with Crippen molar-refractivity contribution in [2.45, 2.75) is 19.3 Å². The highest BCUT2D eigenvalue weighted by atomic mass is 16.5. The summed E-state index contributed by atoms with van der Waals surface area (Å²) in [7, 11) is 2.41. The minimum absolute atomic E-state index is 0.0576. The fourth-order valence-corrected chi connectivity index (χ4v) is 2.63. The van der Waals surface area contributed by atoms with Crippen LogP contribution in [0.15, 0.2) is 30.4 Å². The largest absolute Gasteiger partial charge is 0.465 e. The Labute approximate surface area is 156 Å². The predicted molar refractivity (Wildman–Crippen MR) is 95.2 cm³/mol. The van der Waals surface area contributed by atoms with Gasteiger partial charge in [-0.15, -0.1) is 0 Å². The Morgan fingerprint density at radius 1 is 1.07 bits per heavy atom. The van der Waals surface area contributed by atoms with Crippen molar-refractivity contribution in [2.75, 3.05) is 26.1 Å². The average Bonchev–Trinajstić information content (AvgIpc) is 2.71. The molecular formula is C19H21NO7. The van der Waals surface area contributed by atoms with Crippen LogP contribution in [0.2, 0.25) is 0 Å². The van der Waals surface area contributed by atoms with Gasteiger partial charge in [-0.05, 0) is 37.5 Å². The van der Waals surface area contributed by atoms with Crippen molar-refractivity contribution < 1.29 is 33.4 Å². The van der Waals surface area contributed by atoms with Gasteiger partial charge in [0, 0.05) is 0 Å². The summed E-state index contributed by atoms with van der Waals surface area (Å²) in [5.74, 6) is -2.64. The molecule has 1 amide bonds. The zero-order chi connectivity index (χ0) is 19.8. The van der Waals surface area contributed by atoms with E-state index in [1.54, 1.807) is 0 Å². The molecule has 2 rings (SSSR count). The van der Waals surface area contributed by atoms with Crippen LogP contribution in [-0.2, 0) is 23.8 Å². The summed E-state index contributed by atoms with van der Waals surface area (Å²) in [4.78, 5) is 47.7. The van der Waals surface area contributed by atoms with E-state index in [4.69, 9.17) is 4.74 Å². The number of anilines is 1. The van der Waals surface area contributed by atoms with Crippen LogP contribution in [-0.4, -0.2) is 44.6 Å². The fraction of sp³-hybridized carbons (Fsp3) is 0.368. The summed E-state index contributed by atoms with van der Waals surface area (Å²) >= 11 is 0. The highest BCUT2D eigenvalue weighted by Crippen LogP contribution is 2.21. The van der Waals surface area contributed by atoms with Crippen LogP contribution in [0.5, 0.6) is 0 Å². The molecule has 0 spiro atoms. The van der Waals surface area contributed by atoms with E-state index < -0.39 is 30.4 Å². The number of allylic oxidation sites excluding steroid dienone is 2. The molecule has 1 aromatic carbocycles. The zero-order valence-corrected chi connectivity index (χ0v) is 15.2. The van der Waals surface area contributed by atoms with Crippen LogP contribution < -0.4 is 5.32 Å². The first-order valence-electron chi connectivity index (χ1n) is 8.38. The molecule has 27 heavy (non-hydrogen) atoms. The number of hydrogen-bond acceptors (Lipinski definition) is 7. The summed E-state index contributed by atoms with van der Waals surface area (Å²) in [5, 5.41) is 2.46. The van der Waals surface area contributed by atoms with Crippen LogP contribution in [0.4, 0.5) is 5.69 Å². The molecule has 8 nitrogen and oxygen atoms in total. The van der Waals surface area contributed by atoms with Gasteiger partial charge in [0.1, 0.15) is 0 Å². The second-order valence-corrected chi connectivity index (χ2v) is 5.88. The third-order valence-electron chi connectivity index (χ3n) is 4.07. The maximum absolute atomic E-state index is 12.1. The number of carbonyl (C=O) groups is 4. The summed E-state index contributed by atoms with van der Waals surface area (Å²) in [6, 6.07) is 4.02. The van der Waals surface area contributed by atoms with Gasteiger partial charge in [-0.1, -0.05) is 12.2 Å². The summed E-state index contributed by atoms with van der Waals surface area (Å²) in [6.45, 7) is -0.498. The van der Waals surface area contributed by atoms with Crippen molar-refractivity contribution >= 4 is 29.5 Å². The van der Waals surface area contributed by atoms with E-state index >= 15 is 0 Å². The van der Waals surface area contributed by atoms with Gasteiger partial charge in [0.25, 0.3) is 5.91 Å². The second-order valence-electron chi connectivity index (χ2n) is 5.88. The van der Waals surface area contributed by atoms with Gasteiger partial charge < -0.3 is 19.5 Å². The highest BCUT2D eigenvalue weighted by molar-refractivity contribution is 6.04. The number of ether oxygens (including phenoxy) is 3. The monoisotopic (exact) mass is 375 g/mol. The van der Waals surface area contributed by atoms with E-state index in [1.165, 1.54) is 32.4 Å². The molecule has 0 aliphatic heterocycles. The van der Waals surface area contributed by atoms with E-state index in [0.29, 0.717) is 12.8 Å². The van der Waals surface area contributed by atoms with E-state index in [0.717, 1.165) is 6.42 Å². The van der Waals surface area contributed by atoms with Gasteiger partial charge in [-0.25, -0.2) is 9.59 Å². The quantitative estimate of drug-likeness (QED) is 0.461. The average molecular weight is 375 g/mol. The van der Waals surface area contributed by atoms with Crippen LogP contribution in [0.3, 0.4) is 0 Å². The number of esters is 3. The highest BCUT2D eigenvalue weighted by Gasteiger charge is 2.22. The van der Waals surface area contributed by atoms with Crippen molar-refractivity contribution in [1.82, 2.24) is 0 Å². The number of amides is 1. The molecule has 0 aromatic heterocycles. The van der Waals surface area contributed by atoms with Gasteiger partial charge in [0.2, 0.25) is 0 Å². The Hall–Kier alpha value is -3.16. The number of hydrogen-bond donors (Lipinski definition) is 1. The lowest BCUT2D eigenvalue weighted by atomic mass is 9.95. The SMILES string of the molecule is COC(=O)c1ccc(C(=O)OC)c(NC(=O)COC(=O)[C@H]2CC=CCC2)c1. The predicted octanol–water partition coefficient (Wildman–Crippen LogP) is 2.10. The molecule has 1 N–H and O–H groups in total. The molecule has 1 aliphatic rings. The van der Waals surface area contributed by atoms with E-state index in [2.05, 4.69) is 14.8 Å². The Morgan fingerprint density at radius 2 is 1.81 bits per heavy atom. The summed E-state index contributed by atoms with van der Waals surface area (Å²) in [6.07, 6.45) is 5.99. The standard InChI is InChI=1S/C19H21NO7/c1-25-17(22)13-8-9-14(19(24)26-2)15(10-13)20-16(21)11-27-18(23)12-6-4-3-5-7-12/h3-4,8-10,12H,5-7,11H2,1-2H3,(H,20,21)/t12-/m0/s1. The molecule has 0 fully saturated rings. The van der Waals surface area contributed by atoms with Crippen LogP contribution >= 0.6 is 0 Å². The summed E-state index contributed by atoms with van der Waals surface area (Å²) in [5.41, 5.74) is 0.264. The third-order valence-corrected chi connectivity index (χ3v) is 4.07. The molecule has 0 saturated carbocycles. The van der Waals surface area contributed by atoms with Gasteiger partial charge in [0.05, 0.1) is 37.0 Å². The number of benzene rings is 1. The van der Waals surface area contributed by atoms with Crippen molar-refractivity contribution in [2.24, 2.45) is 5.92 Å². The van der Waals surface area contributed by atoms with Gasteiger partial charge in [0.15, 0.2) is 6.61 Å². The number of methoxy groups -OCH3 is 2. The molecule has 8 heteroatoms. The first-order valence-corrected chi connectivity index (χ1v) is 8.38. The topological polar surface area (TPSA) is 108 Å². The molecule has 0 saturated heterocycles. The lowest BCUT2D eigenvalue weighted by molar-refractivity contribution is -0.151. The molecule has 144 valence electrons. The maximum atomic E-state index is 12.1. The van der Waals surface area contributed by atoms with Crippen LogP contribution in [0, 0.1) is 5.92 Å². The second kappa shape index (κ2) is 9.51. The van der Waals surface area contributed by atoms with Crippen molar-refractivity contribution in [3.05, 3.63) is 41.5 Å². The molecule has 0 unspecified atom stereocenters. The maximum Gasteiger partial charge on any atom is 0.339 e. The molecule has 0 heterocycles. The first-order chi connectivity index (χ1) is 13.0. The normalized spacial score (nSPS) is 15.6. The van der Waals surface area contributed by atoms with Crippen LogP contribution in [0.25, 0.3) is 0 Å². The van der Waals surface area contributed by atoms with Gasteiger partial charge >= 0.3 is 17.9 Å². The zero-order valence-electron chi connectivity index (χ0n) is 15.2. The molecule has 1 aromatic rings. The van der Waals surface area contributed by atoms with E-state index in [-0.39, 0.29) is 22.7 Å². The Bertz CT molecular complexity index is 769. The lowest BCUT2D eigenvalue weighted by Gasteiger charge is -2.16. The fourth-order valence-electron chi connectivity index (χ4n) is 2.63. The van der Waals surface area contributed by atoms with Crippen LogP contribution in [0.1, 0.15) is 40.0 Å². The molecule has 0 bridgehead atoms. The van der Waals surface area contributed by atoms with Crippen molar-refractivity contribution in [3.63, 3.8) is 0 Å². The van der Waals surface area contributed by atoms with E-state index in [1.807, 2.05) is 12.2 Å². The first kappa shape index (κ1) is 20.2. The third kappa shape index (κ3) is 5.40. The lowest BCUT2D eigenvalue weighted by Crippen LogP contribution is -2.26. The number of rotatable bonds is 6. The molecule has 1 aliphatic carbocycles. The minimum atomic E-state index is -0.687.